The predicted molar refractivity (Wildman–Crippen MR) is 106 cm³/mol. The minimum absolute atomic E-state index is 0.0280. The van der Waals surface area contributed by atoms with Gasteiger partial charge in [0.25, 0.3) is 0 Å². The Balaban J connectivity index is 1.72. The van der Waals surface area contributed by atoms with Gasteiger partial charge in [-0.2, -0.15) is 4.31 Å². The molecule has 0 radical (unpaired) electrons. The number of nitrogens with zero attached hydrogens (tertiary/aromatic N) is 2. The normalized spacial score (nSPS) is 18.1. The van der Waals surface area contributed by atoms with Crippen molar-refractivity contribution in [3.8, 4) is 5.75 Å². The molecule has 7 nitrogen and oxygen atoms in total. The molecule has 1 aliphatic rings. The van der Waals surface area contributed by atoms with Crippen LogP contribution in [0.5, 0.6) is 5.75 Å². The van der Waals surface area contributed by atoms with Crippen molar-refractivity contribution in [1.29, 1.82) is 0 Å². The van der Waals surface area contributed by atoms with E-state index in [4.69, 9.17) is 5.11 Å². The second-order valence-corrected chi connectivity index (χ2v) is 9.06. The molecular weight excluding hydrogens is 437 g/mol. The van der Waals surface area contributed by atoms with Crippen LogP contribution in [0.1, 0.15) is 12.5 Å². The van der Waals surface area contributed by atoms with Crippen LogP contribution in [0.4, 0.5) is 18.9 Å². The average Bonchev–Trinajstić information content (AvgIpc) is 2.67. The molecule has 0 aromatic heterocycles. The van der Waals surface area contributed by atoms with Gasteiger partial charge >= 0.3 is 12.3 Å². The molecule has 0 spiro atoms. The quantitative estimate of drug-likeness (QED) is 0.716. The molecule has 0 bridgehead atoms. The molecule has 1 fully saturated rings. The Morgan fingerprint density at radius 3 is 2.42 bits per heavy atom. The molecule has 0 saturated carbocycles. The van der Waals surface area contributed by atoms with Crippen LogP contribution in [0.25, 0.3) is 0 Å². The van der Waals surface area contributed by atoms with E-state index < -0.39 is 28.4 Å². The molecule has 0 unspecified atom stereocenters. The van der Waals surface area contributed by atoms with E-state index in [2.05, 4.69) is 4.74 Å². The zero-order chi connectivity index (χ0) is 22.8. The van der Waals surface area contributed by atoms with Gasteiger partial charge in [0.15, 0.2) is 0 Å². The lowest BCUT2D eigenvalue weighted by molar-refractivity contribution is -0.274. The van der Waals surface area contributed by atoms with E-state index in [1.54, 1.807) is 13.0 Å². The predicted octanol–water partition coefficient (Wildman–Crippen LogP) is 3.11. The molecule has 2 aromatic carbocycles. The third kappa shape index (κ3) is 5.67. The minimum Gasteiger partial charge on any atom is -0.481 e. The third-order valence-electron chi connectivity index (χ3n) is 4.86. The smallest absolute Gasteiger partial charge is 0.481 e. The van der Waals surface area contributed by atoms with Crippen LogP contribution in [0, 0.1) is 0 Å². The lowest BCUT2D eigenvalue weighted by Gasteiger charge is -2.40. The molecule has 168 valence electrons. The monoisotopic (exact) mass is 458 g/mol. The van der Waals surface area contributed by atoms with Crippen LogP contribution >= 0.6 is 0 Å². The summed E-state index contributed by atoms with van der Waals surface area (Å²) in [7, 11) is -3.83. The maximum absolute atomic E-state index is 13.1. The average molecular weight is 458 g/mol. The zero-order valence-electron chi connectivity index (χ0n) is 16.5. The number of carbonyl (C=O) groups is 1. The number of ether oxygens (including phenoxy) is 1. The molecule has 0 aliphatic carbocycles. The van der Waals surface area contributed by atoms with E-state index in [1.165, 1.54) is 46.8 Å². The van der Waals surface area contributed by atoms with Crippen LogP contribution in [-0.4, -0.2) is 55.8 Å². The summed E-state index contributed by atoms with van der Waals surface area (Å²) in [6, 6.07) is 10.9. The first-order valence-electron chi connectivity index (χ1n) is 9.39. The van der Waals surface area contributed by atoms with Gasteiger partial charge in [0.05, 0.1) is 11.3 Å². The maximum Gasteiger partial charge on any atom is 0.573 e. The summed E-state index contributed by atoms with van der Waals surface area (Å²) in [5.74, 6) is -1.38. The van der Waals surface area contributed by atoms with Crippen LogP contribution in [0.2, 0.25) is 0 Å². The van der Waals surface area contributed by atoms with Crippen molar-refractivity contribution in [1.82, 2.24) is 4.31 Å². The number of benzene rings is 2. The number of hydrogen-bond acceptors (Lipinski definition) is 5. The van der Waals surface area contributed by atoms with Gasteiger partial charge in [-0.1, -0.05) is 12.1 Å². The number of anilines is 1. The lowest BCUT2D eigenvalue weighted by atomic mass is 10.2. The fraction of sp³-hybridized carbons (Fsp3) is 0.350. The molecule has 0 amide bonds. The summed E-state index contributed by atoms with van der Waals surface area (Å²) in [6.07, 6.45) is -5.04. The van der Waals surface area contributed by atoms with Crippen molar-refractivity contribution in [2.24, 2.45) is 0 Å². The first kappa shape index (κ1) is 22.9. The standard InChI is InChI=1S/C20H21F3N2O5S/c1-14-13-24(16-5-7-17(8-6-16)30-20(21,22)23)9-10-25(14)31(28,29)18-4-2-3-15(11-18)12-19(26)27/h2-8,11,14H,9-10,12-13H2,1H3,(H,26,27)/t14-/m0/s1. The first-order valence-corrected chi connectivity index (χ1v) is 10.8. The van der Waals surface area contributed by atoms with E-state index in [0.717, 1.165) is 0 Å². The maximum atomic E-state index is 13.1. The number of halogens is 3. The fourth-order valence-corrected chi connectivity index (χ4v) is 5.20. The molecule has 31 heavy (non-hydrogen) atoms. The lowest BCUT2D eigenvalue weighted by Crippen LogP contribution is -2.54. The Hall–Kier alpha value is -2.79. The molecule has 11 heteroatoms. The molecule has 1 N–H and O–H groups in total. The molecule has 1 saturated heterocycles. The summed E-state index contributed by atoms with van der Waals surface area (Å²) in [6.45, 7) is 2.60. The number of hydrogen-bond donors (Lipinski definition) is 1. The van der Waals surface area contributed by atoms with Gasteiger partial charge in [0.1, 0.15) is 5.75 Å². The highest BCUT2D eigenvalue weighted by Gasteiger charge is 2.34. The Morgan fingerprint density at radius 1 is 1.16 bits per heavy atom. The van der Waals surface area contributed by atoms with E-state index in [9.17, 15) is 26.4 Å². The minimum atomic E-state index is -4.77. The number of sulfonamides is 1. The summed E-state index contributed by atoms with van der Waals surface area (Å²) in [4.78, 5) is 12.8. The van der Waals surface area contributed by atoms with Gasteiger partial charge in [-0.05, 0) is 48.9 Å². The Bertz CT molecular complexity index is 1040. The molecule has 3 rings (SSSR count). The number of carboxylic acid groups (broad SMARTS) is 1. The van der Waals surface area contributed by atoms with Crippen molar-refractivity contribution in [2.75, 3.05) is 24.5 Å². The Kier molecular flexibility index (Phi) is 6.46. The highest BCUT2D eigenvalue weighted by molar-refractivity contribution is 7.89. The van der Waals surface area contributed by atoms with Crippen LogP contribution in [0.15, 0.2) is 53.4 Å². The van der Waals surface area contributed by atoms with Gasteiger partial charge in [0.2, 0.25) is 10.0 Å². The molecular formula is C20H21F3N2O5S. The second-order valence-electron chi connectivity index (χ2n) is 7.17. The van der Waals surface area contributed by atoms with Gasteiger partial charge < -0.3 is 14.7 Å². The van der Waals surface area contributed by atoms with Crippen molar-refractivity contribution in [3.05, 3.63) is 54.1 Å². The SMILES string of the molecule is C[C@H]1CN(c2ccc(OC(F)(F)F)cc2)CCN1S(=O)(=O)c1cccc(CC(=O)O)c1. The van der Waals surface area contributed by atoms with E-state index >= 15 is 0 Å². The van der Waals surface area contributed by atoms with Crippen LogP contribution in [0.3, 0.4) is 0 Å². The second kappa shape index (κ2) is 8.75. The highest BCUT2D eigenvalue weighted by atomic mass is 32.2. The zero-order valence-corrected chi connectivity index (χ0v) is 17.4. The Morgan fingerprint density at radius 2 is 1.84 bits per heavy atom. The van der Waals surface area contributed by atoms with Crippen LogP contribution in [-0.2, 0) is 21.2 Å². The largest absolute Gasteiger partial charge is 0.573 e. The molecule has 1 heterocycles. The van der Waals surface area contributed by atoms with Crippen molar-refractivity contribution in [3.63, 3.8) is 0 Å². The van der Waals surface area contributed by atoms with Crippen molar-refractivity contribution >= 4 is 21.7 Å². The van der Waals surface area contributed by atoms with E-state index in [1.807, 2.05) is 4.90 Å². The number of aliphatic carboxylic acids is 1. The van der Waals surface area contributed by atoms with Gasteiger partial charge in [-0.15, -0.1) is 13.2 Å². The highest BCUT2D eigenvalue weighted by Crippen LogP contribution is 2.28. The topological polar surface area (TPSA) is 87.2 Å². The van der Waals surface area contributed by atoms with Gasteiger partial charge in [-0.3, -0.25) is 4.79 Å². The summed E-state index contributed by atoms with van der Waals surface area (Å²) < 4.78 is 68.3. The Labute approximate surface area is 177 Å². The first-order chi connectivity index (χ1) is 14.5. The van der Waals surface area contributed by atoms with Crippen LogP contribution < -0.4 is 9.64 Å². The van der Waals surface area contributed by atoms with Crippen molar-refractivity contribution in [2.45, 2.75) is 30.6 Å². The summed E-state index contributed by atoms with van der Waals surface area (Å²) in [5, 5.41) is 8.93. The van der Waals surface area contributed by atoms with E-state index in [-0.39, 0.29) is 23.6 Å². The molecule has 1 aliphatic heterocycles. The molecule has 2 aromatic rings. The van der Waals surface area contributed by atoms with E-state index in [0.29, 0.717) is 24.3 Å². The number of piperazine rings is 1. The fourth-order valence-electron chi connectivity index (χ4n) is 3.52. The summed E-state index contributed by atoms with van der Waals surface area (Å²) >= 11 is 0. The number of alkyl halides is 3. The molecule has 1 atom stereocenters. The van der Waals surface area contributed by atoms with Gasteiger partial charge in [-0.25, -0.2) is 8.42 Å². The number of rotatable bonds is 6. The summed E-state index contributed by atoms with van der Waals surface area (Å²) in [5.41, 5.74) is 1.04. The number of carboxylic acids is 1. The van der Waals surface area contributed by atoms with Gasteiger partial charge in [0, 0.05) is 31.4 Å². The third-order valence-corrected chi connectivity index (χ3v) is 6.87. The van der Waals surface area contributed by atoms with Crippen molar-refractivity contribution < 1.29 is 36.2 Å².